The Morgan fingerprint density at radius 2 is 2.19 bits per heavy atom. The minimum absolute atomic E-state index is 0.223. The van der Waals surface area contributed by atoms with Gasteiger partial charge in [-0.15, -0.1) is 0 Å². The molecule has 1 aliphatic heterocycles. The van der Waals surface area contributed by atoms with E-state index in [1.54, 1.807) is 0 Å². The second-order valence-corrected chi connectivity index (χ2v) is 5.33. The Morgan fingerprint density at radius 3 is 2.62 bits per heavy atom. The SMILES string of the molecule is CC(C)CN(CC(N)=O)C1CCC(C)NC1. The van der Waals surface area contributed by atoms with E-state index in [4.69, 9.17) is 5.73 Å². The van der Waals surface area contributed by atoms with E-state index in [-0.39, 0.29) is 5.91 Å². The molecule has 0 saturated carbocycles. The van der Waals surface area contributed by atoms with E-state index in [0.29, 0.717) is 24.5 Å². The Labute approximate surface area is 98.6 Å². The number of nitrogens with two attached hydrogens (primary N) is 1. The van der Waals surface area contributed by atoms with Gasteiger partial charge in [0.1, 0.15) is 0 Å². The van der Waals surface area contributed by atoms with Crippen molar-refractivity contribution in [1.29, 1.82) is 0 Å². The Balaban J connectivity index is 2.50. The fraction of sp³-hybridized carbons (Fsp3) is 0.917. The Hall–Kier alpha value is -0.610. The molecule has 1 amide bonds. The molecule has 1 aliphatic rings. The van der Waals surface area contributed by atoms with Crippen molar-refractivity contribution in [1.82, 2.24) is 10.2 Å². The summed E-state index contributed by atoms with van der Waals surface area (Å²) >= 11 is 0. The molecule has 0 radical (unpaired) electrons. The summed E-state index contributed by atoms with van der Waals surface area (Å²) in [6, 6.07) is 1.07. The Kier molecular flexibility index (Phi) is 5.22. The van der Waals surface area contributed by atoms with Gasteiger partial charge in [-0.3, -0.25) is 9.69 Å². The molecule has 4 nitrogen and oxygen atoms in total. The molecule has 1 saturated heterocycles. The molecule has 0 aliphatic carbocycles. The maximum atomic E-state index is 11.1. The maximum absolute atomic E-state index is 11.1. The van der Waals surface area contributed by atoms with Crippen LogP contribution in [-0.4, -0.2) is 42.5 Å². The van der Waals surface area contributed by atoms with Gasteiger partial charge in [-0.25, -0.2) is 0 Å². The third-order valence-corrected chi connectivity index (χ3v) is 3.11. The highest BCUT2D eigenvalue weighted by Gasteiger charge is 2.24. The fourth-order valence-electron chi connectivity index (χ4n) is 2.31. The van der Waals surface area contributed by atoms with Crippen LogP contribution in [0.2, 0.25) is 0 Å². The molecule has 0 aromatic carbocycles. The third-order valence-electron chi connectivity index (χ3n) is 3.11. The first kappa shape index (κ1) is 13.5. The molecular weight excluding hydrogens is 202 g/mol. The van der Waals surface area contributed by atoms with Crippen LogP contribution in [0, 0.1) is 5.92 Å². The zero-order valence-electron chi connectivity index (χ0n) is 10.7. The van der Waals surface area contributed by atoms with Gasteiger partial charge >= 0.3 is 0 Å². The van der Waals surface area contributed by atoms with Gasteiger partial charge in [-0.2, -0.15) is 0 Å². The summed E-state index contributed by atoms with van der Waals surface area (Å²) in [5, 5.41) is 3.47. The predicted octanol–water partition coefficient (Wildman–Crippen LogP) is 0.570. The fourth-order valence-corrected chi connectivity index (χ4v) is 2.31. The zero-order chi connectivity index (χ0) is 12.1. The van der Waals surface area contributed by atoms with E-state index in [2.05, 4.69) is 31.0 Å². The predicted molar refractivity (Wildman–Crippen MR) is 66.1 cm³/mol. The lowest BCUT2D eigenvalue weighted by Gasteiger charge is -2.37. The molecule has 0 aromatic rings. The van der Waals surface area contributed by atoms with Crippen molar-refractivity contribution in [3.8, 4) is 0 Å². The van der Waals surface area contributed by atoms with Crippen LogP contribution in [0.1, 0.15) is 33.6 Å². The first-order valence-electron chi connectivity index (χ1n) is 6.24. The third kappa shape index (κ3) is 4.49. The van der Waals surface area contributed by atoms with E-state index >= 15 is 0 Å². The molecule has 4 heteroatoms. The number of rotatable bonds is 5. The van der Waals surface area contributed by atoms with Gasteiger partial charge in [0.05, 0.1) is 6.54 Å². The number of nitrogens with one attached hydrogen (secondary N) is 1. The molecule has 1 rings (SSSR count). The number of hydrogen-bond donors (Lipinski definition) is 2. The molecule has 1 fully saturated rings. The standard InChI is InChI=1S/C12H25N3O/c1-9(2)7-15(8-12(13)16)11-5-4-10(3)14-6-11/h9-11,14H,4-8H2,1-3H3,(H2,13,16). The van der Waals surface area contributed by atoms with Gasteiger partial charge < -0.3 is 11.1 Å². The van der Waals surface area contributed by atoms with Crippen molar-refractivity contribution in [3.63, 3.8) is 0 Å². The van der Waals surface area contributed by atoms with E-state index in [0.717, 1.165) is 19.5 Å². The highest BCUT2D eigenvalue weighted by atomic mass is 16.1. The molecule has 0 bridgehead atoms. The number of carbonyl (C=O) groups excluding carboxylic acids is 1. The van der Waals surface area contributed by atoms with Crippen LogP contribution in [0.4, 0.5) is 0 Å². The van der Waals surface area contributed by atoms with Crippen LogP contribution in [0.3, 0.4) is 0 Å². The van der Waals surface area contributed by atoms with E-state index < -0.39 is 0 Å². The van der Waals surface area contributed by atoms with Crippen LogP contribution < -0.4 is 11.1 Å². The average Bonchev–Trinajstić information content (AvgIpc) is 2.16. The molecule has 1 heterocycles. The van der Waals surface area contributed by atoms with E-state index in [1.807, 2.05) is 0 Å². The quantitative estimate of drug-likeness (QED) is 0.722. The van der Waals surface area contributed by atoms with Crippen molar-refractivity contribution in [2.45, 2.75) is 45.7 Å². The highest BCUT2D eigenvalue weighted by Crippen LogP contribution is 2.15. The molecule has 94 valence electrons. The lowest BCUT2D eigenvalue weighted by atomic mass is 9.99. The summed E-state index contributed by atoms with van der Waals surface area (Å²) in [7, 11) is 0. The van der Waals surface area contributed by atoms with Crippen LogP contribution in [0.25, 0.3) is 0 Å². The van der Waals surface area contributed by atoms with Crippen molar-refractivity contribution in [3.05, 3.63) is 0 Å². The van der Waals surface area contributed by atoms with Gasteiger partial charge in [0, 0.05) is 25.2 Å². The second kappa shape index (κ2) is 6.21. The lowest BCUT2D eigenvalue weighted by Crippen LogP contribution is -2.52. The molecule has 0 spiro atoms. The summed E-state index contributed by atoms with van der Waals surface area (Å²) in [5.41, 5.74) is 5.30. The molecule has 2 unspecified atom stereocenters. The topological polar surface area (TPSA) is 58.4 Å². The van der Waals surface area contributed by atoms with Crippen molar-refractivity contribution >= 4 is 5.91 Å². The van der Waals surface area contributed by atoms with Crippen molar-refractivity contribution in [2.75, 3.05) is 19.6 Å². The minimum Gasteiger partial charge on any atom is -0.369 e. The summed E-state index contributed by atoms with van der Waals surface area (Å²) in [4.78, 5) is 13.3. The summed E-state index contributed by atoms with van der Waals surface area (Å²) in [5.74, 6) is 0.345. The van der Waals surface area contributed by atoms with Gasteiger partial charge in [-0.1, -0.05) is 13.8 Å². The first-order valence-corrected chi connectivity index (χ1v) is 6.24. The van der Waals surface area contributed by atoms with E-state index in [9.17, 15) is 4.79 Å². The van der Waals surface area contributed by atoms with Gasteiger partial charge in [0.25, 0.3) is 0 Å². The number of primary amides is 1. The molecule has 0 aromatic heterocycles. The number of nitrogens with zero attached hydrogens (tertiary/aromatic N) is 1. The van der Waals surface area contributed by atoms with Crippen LogP contribution >= 0.6 is 0 Å². The van der Waals surface area contributed by atoms with Gasteiger partial charge in [0.15, 0.2) is 0 Å². The smallest absolute Gasteiger partial charge is 0.231 e. The first-order chi connectivity index (χ1) is 7.49. The minimum atomic E-state index is -0.223. The normalized spacial score (nSPS) is 26.3. The van der Waals surface area contributed by atoms with E-state index in [1.165, 1.54) is 6.42 Å². The molecule has 16 heavy (non-hydrogen) atoms. The van der Waals surface area contributed by atoms with Crippen LogP contribution in [0.5, 0.6) is 0 Å². The number of piperidine rings is 1. The number of amides is 1. The molecular formula is C12H25N3O. The highest BCUT2D eigenvalue weighted by molar-refractivity contribution is 5.75. The summed E-state index contributed by atoms with van der Waals surface area (Å²) < 4.78 is 0. The average molecular weight is 227 g/mol. The summed E-state index contributed by atoms with van der Waals surface area (Å²) in [6.07, 6.45) is 2.34. The van der Waals surface area contributed by atoms with Crippen molar-refractivity contribution in [2.24, 2.45) is 11.7 Å². The number of carbonyl (C=O) groups is 1. The molecule has 3 N–H and O–H groups in total. The zero-order valence-corrected chi connectivity index (χ0v) is 10.7. The molecule has 2 atom stereocenters. The lowest BCUT2D eigenvalue weighted by molar-refractivity contribution is -0.120. The second-order valence-electron chi connectivity index (χ2n) is 5.33. The van der Waals surface area contributed by atoms with Crippen molar-refractivity contribution < 1.29 is 4.79 Å². The largest absolute Gasteiger partial charge is 0.369 e. The van der Waals surface area contributed by atoms with Gasteiger partial charge in [-0.05, 0) is 25.7 Å². The Morgan fingerprint density at radius 1 is 1.50 bits per heavy atom. The van der Waals surface area contributed by atoms with Crippen LogP contribution in [-0.2, 0) is 4.79 Å². The van der Waals surface area contributed by atoms with Gasteiger partial charge in [0.2, 0.25) is 5.91 Å². The monoisotopic (exact) mass is 227 g/mol. The summed E-state index contributed by atoms with van der Waals surface area (Å²) in [6.45, 7) is 8.86. The van der Waals surface area contributed by atoms with Crippen LogP contribution in [0.15, 0.2) is 0 Å². The Bertz CT molecular complexity index is 222. The number of hydrogen-bond acceptors (Lipinski definition) is 3. The maximum Gasteiger partial charge on any atom is 0.231 e.